The Hall–Kier alpha value is -2.69. The SMILES string of the molecule is COc1cc(N)ccc1-c1cc(C=O)cc(OC)c1OC. The van der Waals surface area contributed by atoms with Crippen LogP contribution in [0, 0.1) is 0 Å². The Morgan fingerprint density at radius 2 is 1.62 bits per heavy atom. The third kappa shape index (κ3) is 2.76. The Bertz CT molecular complexity index is 668. The second-order valence-corrected chi connectivity index (χ2v) is 4.38. The smallest absolute Gasteiger partial charge is 0.168 e. The van der Waals surface area contributed by atoms with Crippen LogP contribution in [0.15, 0.2) is 30.3 Å². The lowest BCUT2D eigenvalue weighted by Gasteiger charge is -2.16. The van der Waals surface area contributed by atoms with Gasteiger partial charge in [0.1, 0.15) is 12.0 Å². The quantitative estimate of drug-likeness (QED) is 0.676. The van der Waals surface area contributed by atoms with Crippen molar-refractivity contribution in [2.45, 2.75) is 0 Å². The number of carbonyl (C=O) groups excluding carboxylic acids is 1. The molecular formula is C16H17NO4. The summed E-state index contributed by atoms with van der Waals surface area (Å²) in [7, 11) is 4.63. The Balaban J connectivity index is 2.75. The fourth-order valence-corrected chi connectivity index (χ4v) is 2.18. The highest BCUT2D eigenvalue weighted by Gasteiger charge is 2.17. The predicted octanol–water partition coefficient (Wildman–Crippen LogP) is 2.77. The van der Waals surface area contributed by atoms with Crippen LogP contribution < -0.4 is 19.9 Å². The van der Waals surface area contributed by atoms with Gasteiger partial charge in [-0.1, -0.05) is 0 Å². The number of methoxy groups -OCH3 is 3. The molecule has 0 aliphatic heterocycles. The van der Waals surface area contributed by atoms with Crippen LogP contribution in [0.5, 0.6) is 17.2 Å². The van der Waals surface area contributed by atoms with E-state index in [0.29, 0.717) is 34.1 Å². The number of hydrogen-bond acceptors (Lipinski definition) is 5. The summed E-state index contributed by atoms with van der Waals surface area (Å²) in [6.45, 7) is 0. The summed E-state index contributed by atoms with van der Waals surface area (Å²) < 4.78 is 16.1. The lowest BCUT2D eigenvalue weighted by atomic mass is 10.00. The summed E-state index contributed by atoms with van der Waals surface area (Å²) in [4.78, 5) is 11.1. The van der Waals surface area contributed by atoms with E-state index < -0.39 is 0 Å². The summed E-state index contributed by atoms with van der Waals surface area (Å²) in [6, 6.07) is 8.65. The van der Waals surface area contributed by atoms with E-state index in [4.69, 9.17) is 19.9 Å². The number of benzene rings is 2. The van der Waals surface area contributed by atoms with Crippen LogP contribution in [0.25, 0.3) is 11.1 Å². The minimum atomic E-state index is 0.482. The first-order valence-electron chi connectivity index (χ1n) is 6.29. The van der Waals surface area contributed by atoms with Crippen LogP contribution in [0.4, 0.5) is 5.69 Å². The van der Waals surface area contributed by atoms with E-state index in [1.165, 1.54) is 7.11 Å². The van der Waals surface area contributed by atoms with E-state index in [1.807, 2.05) is 6.07 Å². The minimum absolute atomic E-state index is 0.482. The van der Waals surface area contributed by atoms with E-state index in [-0.39, 0.29) is 0 Å². The van der Waals surface area contributed by atoms with Gasteiger partial charge in [0.05, 0.1) is 21.3 Å². The van der Waals surface area contributed by atoms with E-state index in [9.17, 15) is 4.79 Å². The average molecular weight is 287 g/mol. The van der Waals surface area contributed by atoms with E-state index in [1.54, 1.807) is 38.5 Å². The first-order chi connectivity index (χ1) is 10.1. The molecule has 0 radical (unpaired) electrons. The number of hydrogen-bond donors (Lipinski definition) is 1. The van der Waals surface area contributed by atoms with Crippen molar-refractivity contribution in [3.05, 3.63) is 35.9 Å². The molecule has 5 heteroatoms. The molecule has 0 spiro atoms. The molecule has 0 fully saturated rings. The van der Waals surface area contributed by atoms with Crippen molar-refractivity contribution in [3.8, 4) is 28.4 Å². The molecule has 5 nitrogen and oxygen atoms in total. The first kappa shape index (κ1) is 14.7. The zero-order valence-electron chi connectivity index (χ0n) is 12.2. The van der Waals surface area contributed by atoms with Gasteiger partial charge in [-0.15, -0.1) is 0 Å². The molecule has 0 heterocycles. The third-order valence-corrected chi connectivity index (χ3v) is 3.15. The van der Waals surface area contributed by atoms with Gasteiger partial charge in [0.2, 0.25) is 0 Å². The van der Waals surface area contributed by atoms with Gasteiger partial charge in [0, 0.05) is 28.4 Å². The minimum Gasteiger partial charge on any atom is -0.496 e. The van der Waals surface area contributed by atoms with Crippen LogP contribution in [-0.2, 0) is 0 Å². The van der Waals surface area contributed by atoms with Crippen molar-refractivity contribution in [1.82, 2.24) is 0 Å². The molecule has 0 saturated carbocycles. The molecule has 0 aliphatic rings. The molecule has 2 aromatic rings. The normalized spacial score (nSPS) is 10.0. The van der Waals surface area contributed by atoms with Gasteiger partial charge in [0.25, 0.3) is 0 Å². The van der Waals surface area contributed by atoms with Gasteiger partial charge in [-0.05, 0) is 24.3 Å². The predicted molar refractivity (Wildman–Crippen MR) is 81.3 cm³/mol. The number of ether oxygens (including phenoxy) is 3. The van der Waals surface area contributed by atoms with Gasteiger partial charge in [0.15, 0.2) is 11.5 Å². The number of nitrogens with two attached hydrogens (primary N) is 1. The molecule has 21 heavy (non-hydrogen) atoms. The Kier molecular flexibility index (Phi) is 4.33. The standard InChI is InChI=1S/C16H17NO4/c1-19-14-8-11(17)4-5-12(14)13-6-10(9-18)7-15(20-2)16(13)21-3/h4-9H,17H2,1-3H3. The van der Waals surface area contributed by atoms with Crippen molar-refractivity contribution in [1.29, 1.82) is 0 Å². The fourth-order valence-electron chi connectivity index (χ4n) is 2.18. The van der Waals surface area contributed by atoms with Crippen LogP contribution >= 0.6 is 0 Å². The number of rotatable bonds is 5. The maximum absolute atomic E-state index is 11.1. The number of carbonyl (C=O) groups is 1. The van der Waals surface area contributed by atoms with Gasteiger partial charge in [-0.2, -0.15) is 0 Å². The van der Waals surface area contributed by atoms with Crippen molar-refractivity contribution >= 4 is 12.0 Å². The molecule has 2 N–H and O–H groups in total. The van der Waals surface area contributed by atoms with Crippen LogP contribution in [0.1, 0.15) is 10.4 Å². The maximum Gasteiger partial charge on any atom is 0.168 e. The fraction of sp³-hybridized carbons (Fsp3) is 0.188. The summed E-state index contributed by atoms with van der Waals surface area (Å²) >= 11 is 0. The molecule has 0 aliphatic carbocycles. The molecule has 2 rings (SSSR count). The molecule has 0 aromatic heterocycles. The van der Waals surface area contributed by atoms with Crippen LogP contribution in [0.3, 0.4) is 0 Å². The molecular weight excluding hydrogens is 270 g/mol. The Morgan fingerprint density at radius 3 is 2.19 bits per heavy atom. The highest BCUT2D eigenvalue weighted by Crippen LogP contribution is 2.42. The highest BCUT2D eigenvalue weighted by molar-refractivity contribution is 5.86. The zero-order valence-corrected chi connectivity index (χ0v) is 12.2. The second-order valence-electron chi connectivity index (χ2n) is 4.38. The molecule has 0 amide bonds. The zero-order chi connectivity index (χ0) is 15.4. The Morgan fingerprint density at radius 1 is 0.905 bits per heavy atom. The number of nitrogen functional groups attached to an aromatic ring is 1. The van der Waals surface area contributed by atoms with Crippen LogP contribution in [0.2, 0.25) is 0 Å². The topological polar surface area (TPSA) is 70.8 Å². The van der Waals surface area contributed by atoms with Crippen molar-refractivity contribution < 1.29 is 19.0 Å². The largest absolute Gasteiger partial charge is 0.496 e. The summed E-state index contributed by atoms with van der Waals surface area (Å²) in [5, 5.41) is 0. The lowest BCUT2D eigenvalue weighted by Crippen LogP contribution is -1.98. The molecule has 0 unspecified atom stereocenters. The summed E-state index contributed by atoms with van der Waals surface area (Å²) in [5.41, 5.74) is 8.32. The maximum atomic E-state index is 11.1. The highest BCUT2D eigenvalue weighted by atomic mass is 16.5. The van der Waals surface area contributed by atoms with E-state index in [0.717, 1.165) is 11.8 Å². The molecule has 0 saturated heterocycles. The first-order valence-corrected chi connectivity index (χ1v) is 6.29. The van der Waals surface area contributed by atoms with E-state index >= 15 is 0 Å². The molecule has 0 atom stereocenters. The van der Waals surface area contributed by atoms with Gasteiger partial charge in [-0.25, -0.2) is 0 Å². The van der Waals surface area contributed by atoms with Gasteiger partial charge < -0.3 is 19.9 Å². The molecule has 0 bridgehead atoms. The average Bonchev–Trinajstić information content (AvgIpc) is 2.53. The Labute approximate surface area is 123 Å². The number of anilines is 1. The van der Waals surface area contributed by atoms with Crippen molar-refractivity contribution in [2.75, 3.05) is 27.1 Å². The number of aldehydes is 1. The third-order valence-electron chi connectivity index (χ3n) is 3.15. The van der Waals surface area contributed by atoms with Crippen molar-refractivity contribution in [3.63, 3.8) is 0 Å². The summed E-state index contributed by atoms with van der Waals surface area (Å²) in [5.74, 6) is 1.61. The van der Waals surface area contributed by atoms with Crippen molar-refractivity contribution in [2.24, 2.45) is 0 Å². The van der Waals surface area contributed by atoms with Gasteiger partial charge >= 0.3 is 0 Å². The lowest BCUT2D eigenvalue weighted by molar-refractivity contribution is 0.112. The summed E-state index contributed by atoms with van der Waals surface area (Å²) in [6.07, 6.45) is 0.759. The van der Waals surface area contributed by atoms with Gasteiger partial charge in [-0.3, -0.25) is 4.79 Å². The molecule has 2 aromatic carbocycles. The van der Waals surface area contributed by atoms with E-state index in [2.05, 4.69) is 0 Å². The van der Waals surface area contributed by atoms with Crippen LogP contribution in [-0.4, -0.2) is 27.6 Å². The molecule has 110 valence electrons. The second kappa shape index (κ2) is 6.17. The monoisotopic (exact) mass is 287 g/mol.